The highest BCUT2D eigenvalue weighted by molar-refractivity contribution is 7.09. The number of carboxylic acids is 1. The average molecular weight is 913 g/mol. The van der Waals surface area contributed by atoms with Gasteiger partial charge in [0.15, 0.2) is 0 Å². The van der Waals surface area contributed by atoms with Gasteiger partial charge < -0.3 is 55.9 Å². The maximum Gasteiger partial charge on any atom is 0.410 e. The lowest BCUT2D eigenvalue weighted by Crippen LogP contribution is -2.53. The molecule has 1 saturated heterocycles. The first kappa shape index (κ1) is 47.0. The van der Waals surface area contributed by atoms with Gasteiger partial charge in [0.05, 0.1) is 11.2 Å². The van der Waals surface area contributed by atoms with Crippen LogP contribution in [0.15, 0.2) is 95.2 Å². The van der Waals surface area contributed by atoms with Gasteiger partial charge in [0.25, 0.3) is 0 Å². The Hall–Kier alpha value is -7.48. The van der Waals surface area contributed by atoms with Crippen molar-refractivity contribution in [1.29, 1.82) is 0 Å². The number of nitrogens with two attached hydrogens (primary N) is 1. The van der Waals surface area contributed by atoms with Crippen molar-refractivity contribution in [2.75, 3.05) is 42.9 Å². The van der Waals surface area contributed by atoms with Gasteiger partial charge in [0.2, 0.25) is 17.2 Å². The number of carbonyl (C=O) groups is 6. The number of pyridine rings is 1. The van der Waals surface area contributed by atoms with Crippen LogP contribution in [0.3, 0.4) is 0 Å². The molecule has 1 aliphatic rings. The molecule has 0 bridgehead atoms. The molecule has 2 aromatic heterocycles. The van der Waals surface area contributed by atoms with E-state index in [1.54, 1.807) is 52.8 Å². The molecule has 342 valence electrons. The van der Waals surface area contributed by atoms with Gasteiger partial charge in [-0.3, -0.25) is 14.4 Å². The maximum atomic E-state index is 15.4. The Balaban J connectivity index is 1.03. The number of carbonyl (C=O) groups excluding carboxylic acids is 5. The zero-order valence-electron chi connectivity index (χ0n) is 35.4. The standard InChI is InChI=1S/C45H49FN8O10S/c1-2-52-25-33(42(58)59)39(55)32-23-34(46)38(24-37(32)52)53-17-19-54(20-18-53)45(62)64-27-29-12-14-30(15-13-29)49-40(56)35(11-6-16-48-43(47)60)50-41(57)36(22-31-10-7-21-65-31)51-44(61)63-26-28-8-4-3-5-9-28/h3-5,7-10,12-15,21,23-25,35-36H,2,6,11,16-20,22,26-27H2,1H3,(H,49,56)(H,50,57)(H,51,61)(H,58,59)(H3,47,48,60). The van der Waals surface area contributed by atoms with E-state index in [0.717, 1.165) is 16.5 Å². The van der Waals surface area contributed by atoms with Gasteiger partial charge >= 0.3 is 24.2 Å². The predicted molar refractivity (Wildman–Crippen MR) is 240 cm³/mol. The molecule has 6 amide bonds. The summed E-state index contributed by atoms with van der Waals surface area (Å²) in [6.07, 6.45) is 0.383. The van der Waals surface area contributed by atoms with Crippen LogP contribution >= 0.6 is 11.3 Å². The third kappa shape index (κ3) is 12.8. The Bertz CT molecular complexity index is 2550. The first-order valence-electron chi connectivity index (χ1n) is 20.8. The van der Waals surface area contributed by atoms with Crippen molar-refractivity contribution >= 4 is 69.6 Å². The molecule has 3 heterocycles. The smallest absolute Gasteiger partial charge is 0.410 e. The molecule has 0 saturated carbocycles. The number of fused-ring (bicyclic) bond motifs is 1. The minimum Gasteiger partial charge on any atom is -0.477 e. The van der Waals surface area contributed by atoms with Crippen LogP contribution in [0.5, 0.6) is 0 Å². The van der Waals surface area contributed by atoms with Gasteiger partial charge in [0, 0.05) is 67.8 Å². The molecule has 1 aliphatic heterocycles. The maximum absolute atomic E-state index is 15.4. The molecule has 0 aliphatic carbocycles. The quantitative estimate of drug-likeness (QED) is 0.0653. The number of aromatic carboxylic acids is 1. The van der Waals surface area contributed by atoms with E-state index in [1.165, 1.54) is 28.5 Å². The van der Waals surface area contributed by atoms with Crippen molar-refractivity contribution in [3.05, 3.63) is 128 Å². The van der Waals surface area contributed by atoms with Crippen LogP contribution in [0.4, 0.5) is 30.1 Å². The Labute approximate surface area is 376 Å². The lowest BCUT2D eigenvalue weighted by atomic mass is 10.1. The molecule has 0 radical (unpaired) electrons. The summed E-state index contributed by atoms with van der Waals surface area (Å²) in [4.78, 5) is 93.0. The number of anilines is 2. The summed E-state index contributed by atoms with van der Waals surface area (Å²) in [7, 11) is 0. The number of alkyl carbamates (subject to hydrolysis) is 1. The summed E-state index contributed by atoms with van der Waals surface area (Å²) in [6.45, 7) is 3.17. The number of halogens is 1. The second kappa shape index (κ2) is 22.2. The Morgan fingerprint density at radius 2 is 1.57 bits per heavy atom. The van der Waals surface area contributed by atoms with E-state index in [-0.39, 0.29) is 76.3 Å². The summed E-state index contributed by atoms with van der Waals surface area (Å²) in [5.74, 6) is -3.26. The molecule has 18 nitrogen and oxygen atoms in total. The molecule has 7 N–H and O–H groups in total. The summed E-state index contributed by atoms with van der Waals surface area (Å²) in [6, 6.07) is 18.9. The molecule has 20 heteroatoms. The summed E-state index contributed by atoms with van der Waals surface area (Å²) in [5, 5.41) is 21.9. The number of hydrogen-bond acceptors (Lipinski definition) is 11. The molecule has 6 rings (SSSR count). The van der Waals surface area contributed by atoms with E-state index in [9.17, 15) is 38.7 Å². The van der Waals surface area contributed by atoms with Crippen LogP contribution < -0.4 is 37.3 Å². The van der Waals surface area contributed by atoms with Crippen LogP contribution in [0, 0.1) is 5.82 Å². The molecule has 0 spiro atoms. The summed E-state index contributed by atoms with van der Waals surface area (Å²) < 4.78 is 27.9. The van der Waals surface area contributed by atoms with E-state index in [1.807, 2.05) is 35.7 Å². The van der Waals surface area contributed by atoms with Crippen molar-refractivity contribution in [2.24, 2.45) is 5.73 Å². The second-order valence-electron chi connectivity index (χ2n) is 15.0. The highest BCUT2D eigenvalue weighted by Gasteiger charge is 2.29. The first-order chi connectivity index (χ1) is 31.3. The fourth-order valence-corrected chi connectivity index (χ4v) is 7.89. The summed E-state index contributed by atoms with van der Waals surface area (Å²) in [5.41, 5.74) is 6.38. The number of nitrogens with zero attached hydrogens (tertiary/aromatic N) is 3. The monoisotopic (exact) mass is 912 g/mol. The highest BCUT2D eigenvalue weighted by atomic mass is 32.1. The van der Waals surface area contributed by atoms with Crippen molar-refractivity contribution in [2.45, 2.75) is 58.0 Å². The van der Waals surface area contributed by atoms with Crippen LogP contribution in [0.2, 0.25) is 0 Å². The van der Waals surface area contributed by atoms with Crippen molar-refractivity contribution in [3.8, 4) is 0 Å². The topological polar surface area (TPSA) is 244 Å². The number of urea groups is 1. The van der Waals surface area contributed by atoms with Gasteiger partial charge in [0.1, 0.15) is 36.7 Å². The zero-order chi connectivity index (χ0) is 46.5. The van der Waals surface area contributed by atoms with E-state index in [4.69, 9.17) is 15.2 Å². The van der Waals surface area contributed by atoms with Gasteiger partial charge in [-0.2, -0.15) is 0 Å². The van der Waals surface area contributed by atoms with Crippen LogP contribution in [-0.2, 0) is 45.2 Å². The van der Waals surface area contributed by atoms with Gasteiger partial charge in [-0.25, -0.2) is 23.6 Å². The minimum absolute atomic E-state index is 0.0124. The third-order valence-corrected chi connectivity index (χ3v) is 11.5. The van der Waals surface area contributed by atoms with Gasteiger partial charge in [-0.05, 0) is 66.6 Å². The number of nitrogens with one attached hydrogen (secondary N) is 4. The lowest BCUT2D eigenvalue weighted by Gasteiger charge is -2.35. The normalized spacial score (nSPS) is 13.3. The van der Waals surface area contributed by atoms with Crippen LogP contribution in [-0.4, -0.2) is 95.4 Å². The predicted octanol–water partition coefficient (Wildman–Crippen LogP) is 4.79. The molecule has 2 atom stereocenters. The SMILES string of the molecule is CCn1cc(C(=O)O)c(=O)c2cc(F)c(N3CCN(C(=O)OCc4ccc(NC(=O)C(CCCNC(N)=O)NC(=O)C(Cc5cccs5)NC(=O)OCc5ccccc5)cc4)CC3)cc21. The fraction of sp³-hybridized carbons (Fsp3) is 0.311. The van der Waals surface area contributed by atoms with E-state index in [2.05, 4.69) is 21.3 Å². The minimum atomic E-state index is -1.39. The van der Waals surface area contributed by atoms with E-state index in [0.29, 0.717) is 23.3 Å². The van der Waals surface area contributed by atoms with Crippen molar-refractivity contribution in [3.63, 3.8) is 0 Å². The number of amides is 6. The van der Waals surface area contributed by atoms with Gasteiger partial charge in [-0.1, -0.05) is 48.5 Å². The molecule has 3 aromatic carbocycles. The Kier molecular flexibility index (Phi) is 16.1. The Morgan fingerprint density at radius 3 is 2.23 bits per heavy atom. The summed E-state index contributed by atoms with van der Waals surface area (Å²) >= 11 is 1.40. The lowest BCUT2D eigenvalue weighted by molar-refractivity contribution is -0.128. The number of primary amides is 1. The third-order valence-electron chi connectivity index (χ3n) is 10.6. The number of hydrogen-bond donors (Lipinski definition) is 6. The molecule has 65 heavy (non-hydrogen) atoms. The molecular formula is C45H49FN8O10S. The average Bonchev–Trinajstić information content (AvgIpc) is 3.82. The zero-order valence-corrected chi connectivity index (χ0v) is 36.2. The molecule has 5 aromatic rings. The van der Waals surface area contributed by atoms with Crippen molar-refractivity contribution < 1.29 is 47.7 Å². The van der Waals surface area contributed by atoms with E-state index < -0.39 is 64.9 Å². The molecular weight excluding hydrogens is 864 g/mol. The van der Waals surface area contributed by atoms with Gasteiger partial charge in [-0.15, -0.1) is 11.3 Å². The molecule has 2 unspecified atom stereocenters. The second-order valence-corrected chi connectivity index (χ2v) is 16.1. The van der Waals surface area contributed by atoms with Crippen LogP contribution in [0.1, 0.15) is 46.1 Å². The molecule has 1 fully saturated rings. The highest BCUT2D eigenvalue weighted by Crippen LogP contribution is 2.27. The van der Waals surface area contributed by atoms with Crippen LogP contribution in [0.25, 0.3) is 10.9 Å². The fourth-order valence-electron chi connectivity index (χ4n) is 7.14. The Morgan fingerprint density at radius 1 is 0.862 bits per heavy atom. The number of rotatable bonds is 18. The number of aromatic nitrogens is 1. The number of ether oxygens (including phenoxy) is 2. The largest absolute Gasteiger partial charge is 0.477 e. The number of benzene rings is 3. The number of carboxylic acid groups (broad SMARTS) is 1. The van der Waals surface area contributed by atoms with Crippen molar-refractivity contribution in [1.82, 2.24) is 25.4 Å². The number of thiophene rings is 1. The first-order valence-corrected chi connectivity index (χ1v) is 21.7. The number of piperazine rings is 1. The van der Waals surface area contributed by atoms with E-state index >= 15 is 4.39 Å². The number of aryl methyl sites for hydroxylation is 1.